The molecule has 2 heterocycles. The lowest BCUT2D eigenvalue weighted by Crippen LogP contribution is -2.30. The number of carbonyl (C=O) groups excluding carboxylic acids is 1. The second kappa shape index (κ2) is 9.15. The van der Waals surface area contributed by atoms with Gasteiger partial charge >= 0.3 is 0 Å². The van der Waals surface area contributed by atoms with Crippen LogP contribution in [0.15, 0.2) is 47.4 Å². The summed E-state index contributed by atoms with van der Waals surface area (Å²) >= 11 is 0. The molecule has 1 aliphatic rings. The molecule has 1 aliphatic heterocycles. The summed E-state index contributed by atoms with van der Waals surface area (Å²) in [6.07, 6.45) is 2.78. The third kappa shape index (κ3) is 4.47. The van der Waals surface area contributed by atoms with Crippen molar-refractivity contribution in [1.29, 1.82) is 0 Å². The van der Waals surface area contributed by atoms with Gasteiger partial charge in [0.05, 0.1) is 29.1 Å². The standard InChI is InChI=1S/C24H30N4O4S/c1-26(2)33(30,31)19-11-12-22-20(16-19)25-23(27(22)3)13-14-24(29)28-15-5-6-21(28)17-7-9-18(32-4)10-8-17/h7-12,16,21H,5-6,13-15H2,1-4H3/t21-/m1/s1. The minimum absolute atomic E-state index is 0.0858. The molecule has 4 rings (SSSR count). The van der Waals surface area contributed by atoms with Crippen molar-refractivity contribution in [2.75, 3.05) is 27.7 Å². The molecule has 33 heavy (non-hydrogen) atoms. The normalized spacial score (nSPS) is 16.6. The number of nitrogens with zero attached hydrogens (tertiary/aromatic N) is 4. The molecule has 2 aromatic carbocycles. The van der Waals surface area contributed by atoms with Crippen molar-refractivity contribution in [2.45, 2.75) is 36.6 Å². The smallest absolute Gasteiger partial charge is 0.242 e. The Bertz CT molecular complexity index is 1270. The highest BCUT2D eigenvalue weighted by molar-refractivity contribution is 7.89. The molecule has 176 valence electrons. The van der Waals surface area contributed by atoms with Crippen LogP contribution < -0.4 is 4.74 Å². The van der Waals surface area contributed by atoms with Crippen LogP contribution in [0.1, 0.15) is 36.7 Å². The Hall–Kier alpha value is -2.91. The van der Waals surface area contributed by atoms with E-state index in [0.29, 0.717) is 18.4 Å². The maximum absolute atomic E-state index is 13.1. The molecule has 1 amide bonds. The molecule has 1 saturated heterocycles. The number of carbonyl (C=O) groups is 1. The van der Waals surface area contributed by atoms with Crippen LogP contribution in [0.5, 0.6) is 5.75 Å². The van der Waals surface area contributed by atoms with Gasteiger partial charge in [-0.2, -0.15) is 0 Å². The summed E-state index contributed by atoms with van der Waals surface area (Å²) in [5, 5.41) is 0. The van der Waals surface area contributed by atoms with E-state index in [1.807, 2.05) is 40.8 Å². The van der Waals surface area contributed by atoms with Crippen molar-refractivity contribution in [1.82, 2.24) is 18.8 Å². The number of benzene rings is 2. The van der Waals surface area contributed by atoms with E-state index in [-0.39, 0.29) is 16.8 Å². The molecule has 0 radical (unpaired) electrons. The number of likely N-dealkylation sites (tertiary alicyclic amines) is 1. The van der Waals surface area contributed by atoms with E-state index in [1.54, 1.807) is 25.3 Å². The van der Waals surface area contributed by atoms with Gasteiger partial charge in [-0.15, -0.1) is 0 Å². The Balaban J connectivity index is 1.49. The number of ether oxygens (including phenoxy) is 1. The van der Waals surface area contributed by atoms with Crippen LogP contribution in [0.25, 0.3) is 11.0 Å². The molecule has 0 aliphatic carbocycles. The highest BCUT2D eigenvalue weighted by Crippen LogP contribution is 2.33. The minimum Gasteiger partial charge on any atom is -0.497 e. The number of imidazole rings is 1. The monoisotopic (exact) mass is 470 g/mol. The van der Waals surface area contributed by atoms with Gasteiger partial charge < -0.3 is 14.2 Å². The Kier molecular flexibility index (Phi) is 6.45. The fourth-order valence-electron chi connectivity index (χ4n) is 4.42. The van der Waals surface area contributed by atoms with E-state index in [9.17, 15) is 13.2 Å². The summed E-state index contributed by atoms with van der Waals surface area (Å²) in [6.45, 7) is 0.754. The minimum atomic E-state index is -3.53. The predicted octanol–water partition coefficient (Wildman–Crippen LogP) is 3.13. The maximum Gasteiger partial charge on any atom is 0.242 e. The molecule has 1 fully saturated rings. The van der Waals surface area contributed by atoms with Crippen molar-refractivity contribution in [2.24, 2.45) is 7.05 Å². The zero-order chi connectivity index (χ0) is 23.8. The quantitative estimate of drug-likeness (QED) is 0.530. The van der Waals surface area contributed by atoms with Gasteiger partial charge in [-0.1, -0.05) is 12.1 Å². The van der Waals surface area contributed by atoms with Gasteiger partial charge in [0.15, 0.2) is 0 Å². The number of rotatable bonds is 7. The average Bonchev–Trinajstić information content (AvgIpc) is 3.42. The van der Waals surface area contributed by atoms with E-state index in [0.717, 1.165) is 42.0 Å². The molecular formula is C24H30N4O4S. The fourth-order valence-corrected chi connectivity index (χ4v) is 5.35. The van der Waals surface area contributed by atoms with Crippen LogP contribution in [0.3, 0.4) is 0 Å². The molecule has 3 aromatic rings. The molecule has 1 atom stereocenters. The first-order valence-corrected chi connectivity index (χ1v) is 12.5. The lowest BCUT2D eigenvalue weighted by Gasteiger charge is -2.25. The van der Waals surface area contributed by atoms with Gasteiger partial charge in [0.25, 0.3) is 0 Å². The van der Waals surface area contributed by atoms with Crippen LogP contribution in [0, 0.1) is 0 Å². The topological polar surface area (TPSA) is 84.7 Å². The Morgan fingerprint density at radius 1 is 1.18 bits per heavy atom. The van der Waals surface area contributed by atoms with Gasteiger partial charge in [-0.3, -0.25) is 4.79 Å². The number of methoxy groups -OCH3 is 1. The largest absolute Gasteiger partial charge is 0.497 e. The number of aromatic nitrogens is 2. The van der Waals surface area contributed by atoms with Crippen LogP contribution in [-0.4, -0.2) is 60.8 Å². The molecule has 0 N–H and O–H groups in total. The summed E-state index contributed by atoms with van der Waals surface area (Å²) < 4.78 is 33.3. The zero-order valence-electron chi connectivity index (χ0n) is 19.5. The molecule has 0 saturated carbocycles. The third-order valence-corrected chi connectivity index (χ3v) is 8.17. The molecular weight excluding hydrogens is 440 g/mol. The van der Waals surface area contributed by atoms with E-state index in [2.05, 4.69) is 4.98 Å². The van der Waals surface area contributed by atoms with E-state index < -0.39 is 10.0 Å². The summed E-state index contributed by atoms with van der Waals surface area (Å²) in [5.74, 6) is 1.67. The van der Waals surface area contributed by atoms with Gasteiger partial charge in [-0.25, -0.2) is 17.7 Å². The van der Waals surface area contributed by atoms with E-state index in [1.165, 1.54) is 18.4 Å². The van der Waals surface area contributed by atoms with Crippen molar-refractivity contribution in [3.8, 4) is 5.75 Å². The first-order valence-electron chi connectivity index (χ1n) is 11.0. The summed E-state index contributed by atoms with van der Waals surface area (Å²) in [5.41, 5.74) is 2.58. The Labute approximate surface area is 194 Å². The van der Waals surface area contributed by atoms with E-state index >= 15 is 0 Å². The second-order valence-electron chi connectivity index (χ2n) is 8.54. The van der Waals surface area contributed by atoms with Gasteiger partial charge in [0.1, 0.15) is 11.6 Å². The fraction of sp³-hybridized carbons (Fsp3) is 0.417. The van der Waals surface area contributed by atoms with Crippen LogP contribution in [-0.2, 0) is 28.3 Å². The number of amides is 1. The highest BCUT2D eigenvalue weighted by atomic mass is 32.2. The predicted molar refractivity (Wildman–Crippen MR) is 127 cm³/mol. The summed E-state index contributed by atoms with van der Waals surface area (Å²) in [7, 11) is 3.02. The van der Waals surface area contributed by atoms with Crippen molar-refractivity contribution in [3.63, 3.8) is 0 Å². The molecule has 8 nitrogen and oxygen atoms in total. The number of hydrogen-bond donors (Lipinski definition) is 0. The van der Waals surface area contributed by atoms with Crippen molar-refractivity contribution >= 4 is 27.0 Å². The van der Waals surface area contributed by atoms with Gasteiger partial charge in [0, 0.05) is 40.5 Å². The van der Waals surface area contributed by atoms with Gasteiger partial charge in [0.2, 0.25) is 15.9 Å². The zero-order valence-corrected chi connectivity index (χ0v) is 20.3. The Morgan fingerprint density at radius 3 is 2.58 bits per heavy atom. The first kappa shape index (κ1) is 23.3. The molecule has 9 heteroatoms. The average molecular weight is 471 g/mol. The maximum atomic E-state index is 13.1. The van der Waals surface area contributed by atoms with Crippen molar-refractivity contribution in [3.05, 3.63) is 53.9 Å². The van der Waals surface area contributed by atoms with Crippen LogP contribution >= 0.6 is 0 Å². The van der Waals surface area contributed by atoms with Crippen LogP contribution in [0.2, 0.25) is 0 Å². The molecule has 0 spiro atoms. The molecule has 0 bridgehead atoms. The second-order valence-corrected chi connectivity index (χ2v) is 10.7. The summed E-state index contributed by atoms with van der Waals surface area (Å²) in [4.78, 5) is 19.9. The lowest BCUT2D eigenvalue weighted by molar-refractivity contribution is -0.132. The number of fused-ring (bicyclic) bond motifs is 1. The third-order valence-electron chi connectivity index (χ3n) is 6.36. The van der Waals surface area contributed by atoms with Crippen LogP contribution in [0.4, 0.5) is 0 Å². The molecule has 0 unspecified atom stereocenters. The van der Waals surface area contributed by atoms with E-state index in [4.69, 9.17) is 4.74 Å². The first-order chi connectivity index (χ1) is 15.7. The summed E-state index contributed by atoms with van der Waals surface area (Å²) in [6, 6.07) is 13.0. The molecule has 1 aromatic heterocycles. The van der Waals surface area contributed by atoms with Gasteiger partial charge in [-0.05, 0) is 48.7 Å². The SMILES string of the molecule is COc1ccc([C@H]2CCCN2C(=O)CCc2nc3cc(S(=O)(=O)N(C)C)ccc3n2C)cc1. The number of hydrogen-bond acceptors (Lipinski definition) is 5. The number of aryl methyl sites for hydroxylation is 2. The number of sulfonamides is 1. The highest BCUT2D eigenvalue weighted by Gasteiger charge is 2.30. The lowest BCUT2D eigenvalue weighted by atomic mass is 10.0. The Morgan fingerprint density at radius 2 is 1.91 bits per heavy atom. The van der Waals surface area contributed by atoms with Crippen molar-refractivity contribution < 1.29 is 17.9 Å².